The number of aromatic nitrogens is 4. The molecule has 2 aromatic heterocycles. The molecule has 0 amide bonds. The van der Waals surface area contributed by atoms with Crippen molar-refractivity contribution < 1.29 is 40.1 Å². The van der Waals surface area contributed by atoms with Crippen LogP contribution < -0.4 is 10.6 Å². The van der Waals surface area contributed by atoms with Gasteiger partial charge in [-0.05, 0) is 25.8 Å². The number of anilines is 2. The molecule has 13 heteroatoms. The summed E-state index contributed by atoms with van der Waals surface area (Å²) in [5.41, 5.74) is -0.762. The van der Waals surface area contributed by atoms with Gasteiger partial charge in [0, 0.05) is 8.22 Å². The van der Waals surface area contributed by atoms with Gasteiger partial charge in [0.05, 0.1) is 5.48 Å². The first kappa shape index (κ1) is 10.8. The molecule has 0 bridgehead atoms. The number of pyridine rings is 1. The number of hydrogen-bond donors (Lipinski definition) is 2. The van der Waals surface area contributed by atoms with Crippen LogP contribution in [0, 0.1) is 0 Å². The summed E-state index contributed by atoms with van der Waals surface area (Å²) in [6.45, 7) is -8.32. The van der Waals surface area contributed by atoms with Crippen molar-refractivity contribution in [1.82, 2.24) is 19.9 Å². The summed E-state index contributed by atoms with van der Waals surface area (Å²) < 4.78 is 154. The molecule has 148 valence electrons. The van der Waals surface area contributed by atoms with Crippen molar-refractivity contribution in [1.29, 1.82) is 0 Å². The minimum Gasteiger partial charge on any atom is -0.343 e. The second kappa shape index (κ2) is 7.71. The molecule has 2 rings (SSSR count). The highest BCUT2D eigenvalue weighted by Crippen LogP contribution is 2.26. The first-order valence-corrected chi connectivity index (χ1v) is 6.82. The summed E-state index contributed by atoms with van der Waals surface area (Å²) in [7, 11) is 0. The molecule has 2 atom stereocenters. The van der Waals surface area contributed by atoms with E-state index >= 15 is 0 Å². The van der Waals surface area contributed by atoms with Crippen LogP contribution in [0.4, 0.5) is 38.2 Å². The number of hydrogen-bond acceptors (Lipinski definition) is 6. The van der Waals surface area contributed by atoms with Crippen LogP contribution in [0.1, 0.15) is 27.4 Å². The summed E-state index contributed by atoms with van der Waals surface area (Å²) in [6, 6.07) is -9.58. The summed E-state index contributed by atoms with van der Waals surface area (Å²) >= 11 is 5.68. The summed E-state index contributed by atoms with van der Waals surface area (Å²) in [4.78, 5) is 13.4. The smallest absolute Gasteiger partial charge is 0.343 e. The second-order valence-electron chi connectivity index (χ2n) is 4.49. The average Bonchev–Trinajstić information content (AvgIpc) is 2.67. The highest BCUT2D eigenvalue weighted by Gasteiger charge is 2.38. The van der Waals surface area contributed by atoms with E-state index in [0.29, 0.717) is 0 Å². The van der Waals surface area contributed by atoms with E-state index in [2.05, 4.69) is 19.9 Å². The number of alkyl halides is 6. The zero-order chi connectivity index (χ0) is 29.0. The van der Waals surface area contributed by atoms with Crippen molar-refractivity contribution in [2.24, 2.45) is 0 Å². The Morgan fingerprint density at radius 2 is 1.48 bits per heavy atom. The molecular formula is C14H13ClF6N6. The standard InChI is InChI=1S/C14H13ClF6N6/c1-6(13(16,17)18)22-11-25-10(8-4-3-5-9(15)24-8)26-12(27-11)23-7(2)14(19,20)21/h3-7H,1-2H3,(H2,22,23,25,26,27)/t6-,7-/m1/s1/i1D3,2D3,4D,5D,6D,7D. The molecule has 0 fully saturated rings. The Labute approximate surface area is 168 Å². The highest BCUT2D eigenvalue weighted by atomic mass is 35.5. The summed E-state index contributed by atoms with van der Waals surface area (Å²) in [5.74, 6) is -4.08. The van der Waals surface area contributed by atoms with Gasteiger partial charge >= 0.3 is 12.4 Å². The Kier molecular flexibility index (Phi) is 3.09. The Balaban J connectivity index is 2.84. The van der Waals surface area contributed by atoms with Crippen LogP contribution in [-0.4, -0.2) is 44.3 Å². The van der Waals surface area contributed by atoms with Gasteiger partial charge in [-0.25, -0.2) is 4.98 Å². The van der Waals surface area contributed by atoms with E-state index in [-0.39, 0.29) is 0 Å². The predicted octanol–water partition coefficient (Wildman–Crippen LogP) is 4.31. The predicted molar refractivity (Wildman–Crippen MR) is 86.3 cm³/mol. The third-order valence-corrected chi connectivity index (χ3v) is 2.69. The Morgan fingerprint density at radius 3 is 1.93 bits per heavy atom. The fraction of sp³-hybridized carbons (Fsp3) is 0.429. The maximum Gasteiger partial charge on any atom is 0.408 e. The third-order valence-electron chi connectivity index (χ3n) is 2.50. The molecule has 6 nitrogen and oxygen atoms in total. The Hall–Kier alpha value is -2.37. The molecule has 0 aliphatic rings. The first-order valence-electron chi connectivity index (χ1n) is 11.4. The van der Waals surface area contributed by atoms with Crippen molar-refractivity contribution in [2.45, 2.75) is 38.1 Å². The maximum absolute atomic E-state index is 13.5. The van der Waals surface area contributed by atoms with Crippen molar-refractivity contribution >= 4 is 23.5 Å². The Bertz CT molecular complexity index is 1090. The quantitative estimate of drug-likeness (QED) is 0.550. The molecule has 0 spiro atoms. The van der Waals surface area contributed by atoms with Gasteiger partial charge in [-0.3, -0.25) is 0 Å². The minimum atomic E-state index is -5.85. The lowest BCUT2D eigenvalue weighted by Crippen LogP contribution is -2.35. The lowest BCUT2D eigenvalue weighted by molar-refractivity contribution is -0.139. The molecule has 0 radical (unpaired) electrons. The van der Waals surface area contributed by atoms with Gasteiger partial charge in [-0.2, -0.15) is 41.3 Å². The van der Waals surface area contributed by atoms with Crippen LogP contribution in [0.15, 0.2) is 18.2 Å². The van der Waals surface area contributed by atoms with Gasteiger partial charge in [0.1, 0.15) is 22.9 Å². The van der Waals surface area contributed by atoms with E-state index in [9.17, 15) is 26.3 Å². The van der Waals surface area contributed by atoms with Gasteiger partial charge < -0.3 is 10.6 Å². The Morgan fingerprint density at radius 1 is 0.963 bits per heavy atom. The molecule has 0 aliphatic carbocycles. The van der Waals surface area contributed by atoms with Crippen LogP contribution in [0.5, 0.6) is 0 Å². The van der Waals surface area contributed by atoms with Crippen LogP contribution in [-0.2, 0) is 0 Å². The first-order chi connectivity index (χ1) is 16.3. The molecule has 0 saturated carbocycles. The zero-order valence-electron chi connectivity index (χ0n) is 22.5. The topological polar surface area (TPSA) is 75.6 Å². The number of nitrogens with zero attached hydrogens (tertiary/aromatic N) is 4. The second-order valence-corrected chi connectivity index (χ2v) is 4.84. The zero-order valence-corrected chi connectivity index (χ0v) is 13.3. The van der Waals surface area contributed by atoms with E-state index < -0.39 is 78.7 Å². The fourth-order valence-corrected chi connectivity index (χ4v) is 1.54. The van der Waals surface area contributed by atoms with Gasteiger partial charge in [0.15, 0.2) is 5.82 Å². The highest BCUT2D eigenvalue weighted by molar-refractivity contribution is 6.29. The molecule has 2 heterocycles. The van der Waals surface area contributed by atoms with Crippen molar-refractivity contribution in [3.05, 3.63) is 23.3 Å². The minimum absolute atomic E-state index is 0.518. The van der Waals surface area contributed by atoms with E-state index in [1.165, 1.54) is 0 Å². The molecule has 0 unspecified atom stereocenters. The SMILES string of the molecule is [2H]c1cc([2H])c(-c2nc(N[C@]([2H])(C([2H])([2H])[2H])C(F)(F)F)nc(N[C@]([2H])(C([2H])([2H])[2H])C(F)(F)F)n2)nc1Cl. The van der Waals surface area contributed by atoms with Crippen LogP contribution in [0.25, 0.3) is 11.5 Å². The monoisotopic (exact) mass is 424 g/mol. The van der Waals surface area contributed by atoms with Gasteiger partial charge in [-0.1, -0.05) is 17.7 Å². The molecule has 0 aromatic carbocycles. The summed E-state index contributed by atoms with van der Waals surface area (Å²) in [5, 5.41) is 1.64. The van der Waals surface area contributed by atoms with Gasteiger partial charge in [-0.15, -0.1) is 0 Å². The molecule has 27 heavy (non-hydrogen) atoms. The van der Waals surface area contributed by atoms with Crippen molar-refractivity contribution in [3.8, 4) is 11.5 Å². The number of rotatable bonds is 5. The largest absolute Gasteiger partial charge is 0.408 e. The van der Waals surface area contributed by atoms with Crippen LogP contribution in [0.3, 0.4) is 0 Å². The molecular weight excluding hydrogens is 402 g/mol. The lowest BCUT2D eigenvalue weighted by atomic mass is 10.3. The fourth-order valence-electron chi connectivity index (χ4n) is 1.40. The van der Waals surface area contributed by atoms with E-state index in [0.717, 1.165) is 16.7 Å². The van der Waals surface area contributed by atoms with Crippen LogP contribution in [0.2, 0.25) is 5.15 Å². The van der Waals surface area contributed by atoms with Crippen molar-refractivity contribution in [2.75, 3.05) is 10.6 Å². The van der Waals surface area contributed by atoms with Crippen molar-refractivity contribution in [3.63, 3.8) is 0 Å². The third kappa shape index (κ3) is 5.81. The lowest BCUT2D eigenvalue weighted by Gasteiger charge is -2.20. The van der Waals surface area contributed by atoms with E-state index in [4.69, 9.17) is 25.3 Å². The van der Waals surface area contributed by atoms with Gasteiger partial charge in [0.2, 0.25) is 11.9 Å². The number of halogens is 7. The molecule has 2 N–H and O–H groups in total. The average molecular weight is 425 g/mol. The molecule has 0 saturated heterocycles. The van der Waals surface area contributed by atoms with E-state index in [1.807, 2.05) is 0 Å². The normalized spacial score (nSPS) is 23.2. The van der Waals surface area contributed by atoms with Crippen LogP contribution >= 0.6 is 11.6 Å². The molecule has 0 aliphatic heterocycles. The maximum atomic E-state index is 13.5. The van der Waals surface area contributed by atoms with E-state index in [1.54, 1.807) is 0 Å². The number of nitrogens with one attached hydrogen (secondary N) is 2. The molecule has 2 aromatic rings. The summed E-state index contributed by atoms with van der Waals surface area (Å²) in [6.07, 6.45) is -11.7. The van der Waals surface area contributed by atoms with Gasteiger partial charge in [0.25, 0.3) is 0 Å².